The summed E-state index contributed by atoms with van der Waals surface area (Å²) in [4.78, 5) is 26.7. The van der Waals surface area contributed by atoms with Crippen molar-refractivity contribution in [1.82, 2.24) is 4.90 Å². The van der Waals surface area contributed by atoms with Crippen LogP contribution in [0.2, 0.25) is 0 Å². The Morgan fingerprint density at radius 1 is 0.967 bits per heavy atom. The second-order valence-corrected chi connectivity index (χ2v) is 9.80. The van der Waals surface area contributed by atoms with Crippen molar-refractivity contribution in [2.75, 3.05) is 13.1 Å². The van der Waals surface area contributed by atoms with Crippen LogP contribution in [0.25, 0.3) is 0 Å². The maximum Gasteiger partial charge on any atom is 0.225 e. The highest BCUT2D eigenvalue weighted by atomic mass is 16.5. The van der Waals surface area contributed by atoms with Crippen LogP contribution in [-0.4, -0.2) is 35.8 Å². The first-order chi connectivity index (χ1) is 14.7. The third kappa shape index (κ3) is 4.48. The first-order valence-corrected chi connectivity index (χ1v) is 11.9. The number of ketones is 1. The highest BCUT2D eigenvalue weighted by Crippen LogP contribution is 2.45. The molecule has 0 spiro atoms. The van der Waals surface area contributed by atoms with Gasteiger partial charge in [-0.05, 0) is 80.5 Å². The molecule has 3 aliphatic carbocycles. The van der Waals surface area contributed by atoms with Gasteiger partial charge in [-0.15, -0.1) is 0 Å². The third-order valence-corrected chi connectivity index (χ3v) is 7.55. The van der Waals surface area contributed by atoms with Gasteiger partial charge in [-0.1, -0.05) is 12.2 Å². The summed E-state index contributed by atoms with van der Waals surface area (Å²) in [5.74, 6) is 4.11. The topological polar surface area (TPSA) is 46.6 Å². The molecule has 0 aromatic heterocycles. The number of allylic oxidation sites excluding steroid dienone is 2. The van der Waals surface area contributed by atoms with Crippen LogP contribution in [0.4, 0.5) is 0 Å². The molecular formula is C26H33NO3. The molecule has 2 bridgehead atoms. The number of carbonyl (C=O) groups excluding carboxylic acids is 2. The fourth-order valence-electron chi connectivity index (χ4n) is 5.59. The van der Waals surface area contributed by atoms with Crippen LogP contribution < -0.4 is 4.74 Å². The fraction of sp³-hybridized carbons (Fsp3) is 0.615. The van der Waals surface area contributed by atoms with E-state index < -0.39 is 0 Å². The summed E-state index contributed by atoms with van der Waals surface area (Å²) in [6, 6.07) is 7.67. The molecule has 0 radical (unpaired) electrons. The predicted molar refractivity (Wildman–Crippen MR) is 116 cm³/mol. The largest absolute Gasteiger partial charge is 0.490 e. The summed E-state index contributed by atoms with van der Waals surface area (Å²) in [5, 5.41) is 0. The van der Waals surface area contributed by atoms with Crippen LogP contribution in [0.5, 0.6) is 5.75 Å². The second-order valence-electron chi connectivity index (χ2n) is 9.80. The zero-order valence-corrected chi connectivity index (χ0v) is 17.8. The van der Waals surface area contributed by atoms with E-state index in [4.69, 9.17) is 4.74 Å². The number of ether oxygens (including phenoxy) is 1. The Morgan fingerprint density at radius 2 is 1.73 bits per heavy atom. The quantitative estimate of drug-likeness (QED) is 0.448. The molecule has 30 heavy (non-hydrogen) atoms. The van der Waals surface area contributed by atoms with Gasteiger partial charge < -0.3 is 9.64 Å². The standard InChI is InChI=1S/C26H33NO3/c28-25(3-1-2-21-16-18-4-5-22(21)17-18)19-8-10-23(11-9-19)30-24-12-14-27(15-13-24)26(29)20-6-7-20/h4-5,8-11,18,20-22,24H,1-3,6-7,12-17H2. The highest BCUT2D eigenvalue weighted by molar-refractivity contribution is 5.96. The van der Waals surface area contributed by atoms with Gasteiger partial charge in [0.1, 0.15) is 11.9 Å². The van der Waals surface area contributed by atoms with Gasteiger partial charge in [0.2, 0.25) is 5.91 Å². The summed E-state index contributed by atoms with van der Waals surface area (Å²) in [6.45, 7) is 1.60. The number of rotatable bonds is 8. The lowest BCUT2D eigenvalue weighted by Gasteiger charge is -2.32. The lowest BCUT2D eigenvalue weighted by molar-refractivity contribution is -0.134. The Hall–Kier alpha value is -2.10. The van der Waals surface area contributed by atoms with E-state index in [1.807, 2.05) is 29.2 Å². The van der Waals surface area contributed by atoms with E-state index in [-0.39, 0.29) is 11.9 Å². The van der Waals surface area contributed by atoms with Crippen LogP contribution >= 0.6 is 0 Å². The van der Waals surface area contributed by atoms with E-state index in [2.05, 4.69) is 12.2 Å². The molecule has 1 heterocycles. The Balaban J connectivity index is 1.04. The van der Waals surface area contributed by atoms with Gasteiger partial charge in [-0.25, -0.2) is 0 Å². The Bertz CT molecular complexity index is 802. The minimum absolute atomic E-state index is 0.158. The third-order valence-electron chi connectivity index (χ3n) is 7.55. The van der Waals surface area contributed by atoms with Crippen LogP contribution in [-0.2, 0) is 4.79 Å². The number of piperidine rings is 1. The molecule has 5 rings (SSSR count). The lowest BCUT2D eigenvalue weighted by Crippen LogP contribution is -2.42. The minimum Gasteiger partial charge on any atom is -0.490 e. The number of hydrogen-bond acceptors (Lipinski definition) is 3. The zero-order chi connectivity index (χ0) is 20.5. The molecule has 1 aliphatic heterocycles. The van der Waals surface area contributed by atoms with E-state index in [0.29, 0.717) is 18.2 Å². The van der Waals surface area contributed by atoms with E-state index in [9.17, 15) is 9.59 Å². The van der Waals surface area contributed by atoms with Crippen molar-refractivity contribution in [3.8, 4) is 5.75 Å². The molecule has 1 aromatic carbocycles. The van der Waals surface area contributed by atoms with Gasteiger partial charge in [0, 0.05) is 43.8 Å². The van der Waals surface area contributed by atoms with Gasteiger partial charge in [-0.2, -0.15) is 0 Å². The van der Waals surface area contributed by atoms with E-state index in [0.717, 1.165) is 74.3 Å². The van der Waals surface area contributed by atoms with Crippen molar-refractivity contribution in [1.29, 1.82) is 0 Å². The van der Waals surface area contributed by atoms with E-state index >= 15 is 0 Å². The summed E-state index contributed by atoms with van der Waals surface area (Å²) in [6.07, 6.45) is 14.3. The average molecular weight is 408 g/mol. The average Bonchev–Trinajstić information content (AvgIpc) is 3.42. The molecule has 0 N–H and O–H groups in total. The van der Waals surface area contributed by atoms with Crippen molar-refractivity contribution in [2.45, 2.75) is 63.9 Å². The molecule has 4 nitrogen and oxygen atoms in total. The van der Waals surface area contributed by atoms with Gasteiger partial charge in [0.25, 0.3) is 0 Å². The molecular weight excluding hydrogens is 374 g/mol. The SMILES string of the molecule is O=C(CCCC1CC2C=CC1C2)c1ccc(OC2CCN(C(=O)C3CC3)CC2)cc1. The summed E-state index contributed by atoms with van der Waals surface area (Å²) < 4.78 is 6.12. The van der Waals surface area contributed by atoms with Crippen LogP contribution in [0, 0.1) is 23.7 Å². The molecule has 2 saturated carbocycles. The molecule has 1 amide bonds. The smallest absolute Gasteiger partial charge is 0.225 e. The zero-order valence-electron chi connectivity index (χ0n) is 17.8. The van der Waals surface area contributed by atoms with Crippen molar-refractivity contribution in [2.24, 2.45) is 23.7 Å². The summed E-state index contributed by atoms with van der Waals surface area (Å²) in [5.41, 5.74) is 0.792. The number of fused-ring (bicyclic) bond motifs is 2. The summed E-state index contributed by atoms with van der Waals surface area (Å²) >= 11 is 0. The number of likely N-dealkylation sites (tertiary alicyclic amines) is 1. The first-order valence-electron chi connectivity index (χ1n) is 11.9. The van der Waals surface area contributed by atoms with E-state index in [1.54, 1.807) is 0 Å². The first kappa shape index (κ1) is 19.8. The Kier molecular flexibility index (Phi) is 5.66. The fourth-order valence-corrected chi connectivity index (χ4v) is 5.59. The number of hydrogen-bond donors (Lipinski definition) is 0. The number of Topliss-reactive ketones (excluding diaryl/α,β-unsaturated/α-hetero) is 1. The molecule has 3 unspecified atom stereocenters. The molecule has 1 aromatic rings. The molecule has 3 fully saturated rings. The normalized spacial score (nSPS) is 28.1. The molecule has 3 atom stereocenters. The van der Waals surface area contributed by atoms with E-state index in [1.165, 1.54) is 19.3 Å². The van der Waals surface area contributed by atoms with Gasteiger partial charge in [-0.3, -0.25) is 9.59 Å². The molecule has 1 saturated heterocycles. The predicted octanol–water partition coefficient (Wildman–Crippen LogP) is 5.03. The van der Waals surface area contributed by atoms with Crippen molar-refractivity contribution < 1.29 is 14.3 Å². The van der Waals surface area contributed by atoms with Crippen molar-refractivity contribution >= 4 is 11.7 Å². The summed E-state index contributed by atoms with van der Waals surface area (Å²) in [7, 11) is 0. The van der Waals surface area contributed by atoms with Crippen molar-refractivity contribution in [3.63, 3.8) is 0 Å². The van der Waals surface area contributed by atoms with Crippen LogP contribution in [0.3, 0.4) is 0 Å². The number of nitrogens with zero attached hydrogens (tertiary/aromatic N) is 1. The monoisotopic (exact) mass is 407 g/mol. The van der Waals surface area contributed by atoms with Gasteiger partial charge >= 0.3 is 0 Å². The van der Waals surface area contributed by atoms with Crippen molar-refractivity contribution in [3.05, 3.63) is 42.0 Å². The second kappa shape index (κ2) is 8.56. The highest BCUT2D eigenvalue weighted by Gasteiger charge is 2.36. The maximum atomic E-state index is 12.5. The molecule has 160 valence electrons. The lowest BCUT2D eigenvalue weighted by atomic mass is 9.88. The van der Waals surface area contributed by atoms with Gasteiger partial charge in [0.05, 0.1) is 0 Å². The Labute approximate surface area is 179 Å². The molecule has 4 aliphatic rings. The molecule has 4 heteroatoms. The minimum atomic E-state index is 0.158. The Morgan fingerprint density at radius 3 is 2.37 bits per heavy atom. The number of benzene rings is 1. The number of carbonyl (C=O) groups is 2. The van der Waals surface area contributed by atoms with Crippen LogP contribution in [0.15, 0.2) is 36.4 Å². The number of amides is 1. The maximum absolute atomic E-state index is 12.5. The van der Waals surface area contributed by atoms with Gasteiger partial charge in [0.15, 0.2) is 5.78 Å². The van der Waals surface area contributed by atoms with Crippen LogP contribution in [0.1, 0.15) is 68.1 Å².